The van der Waals surface area contributed by atoms with E-state index < -0.39 is 11.8 Å². The van der Waals surface area contributed by atoms with E-state index in [2.05, 4.69) is 5.32 Å². The van der Waals surface area contributed by atoms with Crippen LogP contribution in [0.2, 0.25) is 0 Å². The van der Waals surface area contributed by atoms with Gasteiger partial charge < -0.3 is 10.4 Å². The van der Waals surface area contributed by atoms with Gasteiger partial charge in [0.15, 0.2) is 0 Å². The SMILES string of the molecule is O=C(O)c1ccc2c(c1F)CNCC2. The molecule has 0 fully saturated rings. The van der Waals surface area contributed by atoms with E-state index in [0.29, 0.717) is 12.1 Å². The largest absolute Gasteiger partial charge is 0.478 e. The number of fused-ring (bicyclic) bond motifs is 1. The average Bonchev–Trinajstić information content (AvgIpc) is 2.18. The molecule has 74 valence electrons. The Kier molecular flexibility index (Phi) is 2.21. The van der Waals surface area contributed by atoms with Crippen molar-refractivity contribution < 1.29 is 14.3 Å². The Bertz CT molecular complexity index is 390. The number of aromatic carboxylic acids is 1. The van der Waals surface area contributed by atoms with Crippen molar-refractivity contribution in [1.29, 1.82) is 0 Å². The molecular formula is C10H10FNO2. The lowest BCUT2D eigenvalue weighted by atomic mass is 9.98. The number of hydrogen-bond donors (Lipinski definition) is 2. The Morgan fingerprint density at radius 2 is 2.29 bits per heavy atom. The summed E-state index contributed by atoms with van der Waals surface area (Å²) in [6.45, 7) is 1.24. The molecule has 2 N–H and O–H groups in total. The Morgan fingerprint density at radius 3 is 3.00 bits per heavy atom. The predicted molar refractivity (Wildman–Crippen MR) is 48.8 cm³/mol. The quantitative estimate of drug-likeness (QED) is 0.707. The number of hydrogen-bond acceptors (Lipinski definition) is 2. The standard InChI is InChI=1S/C10H10FNO2/c11-9-7(10(13)14)2-1-6-3-4-12-5-8(6)9/h1-2,12H,3-5H2,(H,13,14). The van der Waals surface area contributed by atoms with Crippen LogP contribution in [0.4, 0.5) is 4.39 Å². The van der Waals surface area contributed by atoms with Gasteiger partial charge in [0.2, 0.25) is 0 Å². The molecule has 1 aromatic rings. The van der Waals surface area contributed by atoms with Crippen LogP contribution in [0.25, 0.3) is 0 Å². The van der Waals surface area contributed by atoms with Gasteiger partial charge in [-0.1, -0.05) is 6.07 Å². The third-order valence-corrected chi connectivity index (χ3v) is 2.44. The lowest BCUT2D eigenvalue weighted by Crippen LogP contribution is -2.25. The Balaban J connectivity index is 2.54. The maximum Gasteiger partial charge on any atom is 0.338 e. The molecule has 1 aliphatic heterocycles. The summed E-state index contributed by atoms with van der Waals surface area (Å²) in [5.41, 5.74) is 1.16. The molecule has 0 radical (unpaired) electrons. The zero-order chi connectivity index (χ0) is 10.1. The minimum absolute atomic E-state index is 0.243. The molecule has 2 rings (SSSR count). The Labute approximate surface area is 80.6 Å². The molecule has 0 atom stereocenters. The van der Waals surface area contributed by atoms with Gasteiger partial charge in [0.05, 0.1) is 5.56 Å². The Morgan fingerprint density at radius 1 is 1.50 bits per heavy atom. The molecule has 0 saturated heterocycles. The third kappa shape index (κ3) is 1.37. The number of rotatable bonds is 1. The summed E-state index contributed by atoms with van der Waals surface area (Å²) in [7, 11) is 0. The van der Waals surface area contributed by atoms with Gasteiger partial charge in [-0.2, -0.15) is 0 Å². The number of nitrogens with one attached hydrogen (secondary N) is 1. The molecule has 3 nitrogen and oxygen atoms in total. The third-order valence-electron chi connectivity index (χ3n) is 2.44. The van der Waals surface area contributed by atoms with Gasteiger partial charge in [0.25, 0.3) is 0 Å². The van der Waals surface area contributed by atoms with E-state index >= 15 is 0 Å². The monoisotopic (exact) mass is 195 g/mol. The highest BCUT2D eigenvalue weighted by atomic mass is 19.1. The molecule has 14 heavy (non-hydrogen) atoms. The van der Waals surface area contributed by atoms with Crippen molar-refractivity contribution in [1.82, 2.24) is 5.32 Å². The van der Waals surface area contributed by atoms with Crippen molar-refractivity contribution in [2.75, 3.05) is 6.54 Å². The van der Waals surface area contributed by atoms with Gasteiger partial charge in [-0.25, -0.2) is 9.18 Å². The first kappa shape index (κ1) is 9.15. The van der Waals surface area contributed by atoms with Crippen molar-refractivity contribution in [3.8, 4) is 0 Å². The fourth-order valence-corrected chi connectivity index (χ4v) is 1.69. The number of carboxylic acid groups (broad SMARTS) is 1. The fourth-order valence-electron chi connectivity index (χ4n) is 1.69. The molecule has 0 bridgehead atoms. The average molecular weight is 195 g/mol. The lowest BCUT2D eigenvalue weighted by Gasteiger charge is -2.18. The zero-order valence-electron chi connectivity index (χ0n) is 7.51. The van der Waals surface area contributed by atoms with E-state index in [9.17, 15) is 9.18 Å². The molecular weight excluding hydrogens is 185 g/mol. The topological polar surface area (TPSA) is 49.3 Å². The number of benzene rings is 1. The van der Waals surface area contributed by atoms with Gasteiger partial charge in [-0.15, -0.1) is 0 Å². The van der Waals surface area contributed by atoms with Crippen LogP contribution in [0.5, 0.6) is 0 Å². The van der Waals surface area contributed by atoms with Crippen LogP contribution in [0.3, 0.4) is 0 Å². The second-order valence-electron chi connectivity index (χ2n) is 3.30. The van der Waals surface area contributed by atoms with Gasteiger partial charge in [-0.05, 0) is 24.6 Å². The first-order valence-electron chi connectivity index (χ1n) is 4.44. The van der Waals surface area contributed by atoms with Crippen LogP contribution in [0.15, 0.2) is 12.1 Å². The van der Waals surface area contributed by atoms with Crippen molar-refractivity contribution in [3.63, 3.8) is 0 Å². The zero-order valence-corrected chi connectivity index (χ0v) is 7.51. The second-order valence-corrected chi connectivity index (χ2v) is 3.30. The van der Waals surface area contributed by atoms with E-state index in [1.165, 1.54) is 6.07 Å². The number of halogens is 1. The summed E-state index contributed by atoms with van der Waals surface area (Å²) in [5.74, 6) is -1.81. The second kappa shape index (κ2) is 3.38. The van der Waals surface area contributed by atoms with E-state index in [1.54, 1.807) is 6.07 Å². The van der Waals surface area contributed by atoms with Crippen LogP contribution in [-0.4, -0.2) is 17.6 Å². The molecule has 1 aliphatic rings. The van der Waals surface area contributed by atoms with Gasteiger partial charge >= 0.3 is 5.97 Å². The molecule has 0 unspecified atom stereocenters. The van der Waals surface area contributed by atoms with E-state index in [1.807, 2.05) is 0 Å². The summed E-state index contributed by atoms with van der Waals surface area (Å²) in [5, 5.41) is 11.7. The van der Waals surface area contributed by atoms with Crippen LogP contribution < -0.4 is 5.32 Å². The predicted octanol–water partition coefficient (Wildman–Crippen LogP) is 1.17. The van der Waals surface area contributed by atoms with Crippen molar-refractivity contribution in [2.45, 2.75) is 13.0 Å². The van der Waals surface area contributed by atoms with E-state index in [-0.39, 0.29) is 5.56 Å². The summed E-state index contributed by atoms with van der Waals surface area (Å²) < 4.78 is 13.6. The number of carbonyl (C=O) groups is 1. The maximum absolute atomic E-state index is 13.6. The van der Waals surface area contributed by atoms with Crippen LogP contribution >= 0.6 is 0 Å². The van der Waals surface area contributed by atoms with Crippen LogP contribution in [0.1, 0.15) is 21.5 Å². The Hall–Kier alpha value is -1.42. The van der Waals surface area contributed by atoms with Gasteiger partial charge in [0.1, 0.15) is 5.82 Å². The molecule has 0 aliphatic carbocycles. The first-order chi connectivity index (χ1) is 6.70. The molecule has 0 saturated carbocycles. The lowest BCUT2D eigenvalue weighted by molar-refractivity contribution is 0.0691. The molecule has 1 heterocycles. The smallest absolute Gasteiger partial charge is 0.338 e. The fraction of sp³-hybridized carbons (Fsp3) is 0.300. The van der Waals surface area contributed by atoms with Gasteiger partial charge in [-0.3, -0.25) is 0 Å². The van der Waals surface area contributed by atoms with Crippen molar-refractivity contribution in [3.05, 3.63) is 34.6 Å². The van der Waals surface area contributed by atoms with Gasteiger partial charge in [0, 0.05) is 12.1 Å². The molecule has 0 aromatic heterocycles. The molecule has 4 heteroatoms. The normalized spacial score (nSPS) is 14.9. The summed E-state index contributed by atoms with van der Waals surface area (Å²) in [6, 6.07) is 3.03. The highest BCUT2D eigenvalue weighted by molar-refractivity contribution is 5.88. The summed E-state index contributed by atoms with van der Waals surface area (Å²) >= 11 is 0. The summed E-state index contributed by atoms with van der Waals surface area (Å²) in [4.78, 5) is 10.6. The minimum Gasteiger partial charge on any atom is -0.478 e. The van der Waals surface area contributed by atoms with E-state index in [4.69, 9.17) is 5.11 Å². The van der Waals surface area contributed by atoms with Crippen molar-refractivity contribution in [2.24, 2.45) is 0 Å². The van der Waals surface area contributed by atoms with Crippen molar-refractivity contribution >= 4 is 5.97 Å². The molecule has 0 amide bonds. The molecule has 0 spiro atoms. The first-order valence-corrected chi connectivity index (χ1v) is 4.44. The summed E-state index contributed by atoms with van der Waals surface area (Å²) in [6.07, 6.45) is 0.756. The highest BCUT2D eigenvalue weighted by Crippen LogP contribution is 2.20. The maximum atomic E-state index is 13.6. The highest BCUT2D eigenvalue weighted by Gasteiger charge is 2.19. The van der Waals surface area contributed by atoms with E-state index in [0.717, 1.165) is 18.5 Å². The number of carboxylic acids is 1. The molecule has 1 aromatic carbocycles. The van der Waals surface area contributed by atoms with Crippen LogP contribution in [0, 0.1) is 5.82 Å². The minimum atomic E-state index is -1.21. The van der Waals surface area contributed by atoms with Crippen LogP contribution in [-0.2, 0) is 13.0 Å².